The first-order valence-electron chi connectivity index (χ1n) is 6.50. The van der Waals surface area contributed by atoms with E-state index in [0.717, 1.165) is 11.8 Å². The maximum atomic E-state index is 12.2. The van der Waals surface area contributed by atoms with Crippen LogP contribution in [-0.2, 0) is 19.4 Å². The van der Waals surface area contributed by atoms with Crippen LogP contribution in [0.4, 0.5) is 0 Å². The first-order valence-corrected chi connectivity index (χ1v) is 8.46. The topological polar surface area (TPSA) is 86.5 Å². The molecule has 110 valence electrons. The first kappa shape index (κ1) is 15.0. The maximum absolute atomic E-state index is 12.2. The average Bonchev–Trinajstić information content (AvgIpc) is 3.11. The lowest BCUT2D eigenvalue weighted by Gasteiger charge is -2.14. The molecule has 1 aliphatic carbocycles. The fourth-order valence-corrected chi connectivity index (χ4v) is 4.92. The second kappa shape index (κ2) is 5.18. The number of hydrogen-bond donors (Lipinski definition) is 1. The molecule has 0 radical (unpaired) electrons. The number of esters is 1. The van der Waals surface area contributed by atoms with E-state index in [-0.39, 0.29) is 13.2 Å². The Hall–Kier alpha value is -1.40. The van der Waals surface area contributed by atoms with Gasteiger partial charge in [0.2, 0.25) is 0 Å². The van der Waals surface area contributed by atoms with Crippen LogP contribution in [0.1, 0.15) is 18.4 Å². The van der Waals surface area contributed by atoms with Crippen molar-refractivity contribution in [1.82, 2.24) is 0 Å². The van der Waals surface area contributed by atoms with Crippen molar-refractivity contribution in [3.63, 3.8) is 0 Å². The van der Waals surface area contributed by atoms with Crippen molar-refractivity contribution < 1.29 is 17.9 Å². The van der Waals surface area contributed by atoms with E-state index in [9.17, 15) is 13.2 Å². The third-order valence-electron chi connectivity index (χ3n) is 3.87. The van der Waals surface area contributed by atoms with E-state index < -0.39 is 32.4 Å². The Bertz CT molecular complexity index is 599. The largest absolute Gasteiger partial charge is 0.465 e. The van der Waals surface area contributed by atoms with Crippen LogP contribution in [-0.4, -0.2) is 39.0 Å². The summed E-state index contributed by atoms with van der Waals surface area (Å²) in [6, 6.07) is 9.12. The molecule has 3 atom stereocenters. The van der Waals surface area contributed by atoms with Crippen LogP contribution in [0.5, 0.6) is 0 Å². The molecule has 0 amide bonds. The monoisotopic (exact) mass is 297 g/mol. The number of rotatable bonds is 5. The van der Waals surface area contributed by atoms with E-state index in [0.29, 0.717) is 0 Å². The van der Waals surface area contributed by atoms with Crippen molar-refractivity contribution in [1.29, 1.82) is 0 Å². The summed E-state index contributed by atoms with van der Waals surface area (Å²) >= 11 is 0. The molecule has 0 saturated heterocycles. The lowest BCUT2D eigenvalue weighted by Crippen LogP contribution is -2.33. The summed E-state index contributed by atoms with van der Waals surface area (Å²) in [6.45, 7) is 1.86. The summed E-state index contributed by atoms with van der Waals surface area (Å²) in [5.41, 5.74) is 5.41. The van der Waals surface area contributed by atoms with Crippen molar-refractivity contribution in [3.8, 4) is 0 Å². The Morgan fingerprint density at radius 1 is 1.35 bits per heavy atom. The molecule has 1 fully saturated rings. The zero-order valence-electron chi connectivity index (χ0n) is 11.6. The Kier molecular flexibility index (Phi) is 3.88. The number of nitrogens with two attached hydrogens (primary N) is 1. The zero-order valence-corrected chi connectivity index (χ0v) is 12.4. The molecule has 1 aromatic rings. The molecule has 1 aliphatic rings. The lowest BCUT2D eigenvalue weighted by molar-refractivity contribution is -0.149. The van der Waals surface area contributed by atoms with Crippen LogP contribution in [0, 0.1) is 5.41 Å². The second-order valence-electron chi connectivity index (χ2n) is 5.10. The third kappa shape index (κ3) is 2.23. The van der Waals surface area contributed by atoms with Crippen LogP contribution in [0.25, 0.3) is 0 Å². The minimum Gasteiger partial charge on any atom is -0.465 e. The van der Waals surface area contributed by atoms with E-state index in [2.05, 4.69) is 0 Å². The van der Waals surface area contributed by atoms with Crippen molar-refractivity contribution in [2.75, 3.05) is 19.4 Å². The number of carbonyl (C=O) groups excluding carboxylic acids is 1. The number of benzene rings is 1. The normalized spacial score (nSPS) is 28.9. The molecule has 0 aromatic heterocycles. The Balaban J connectivity index is 2.47. The molecule has 0 aliphatic heterocycles. The Morgan fingerprint density at radius 3 is 2.40 bits per heavy atom. The van der Waals surface area contributed by atoms with Crippen molar-refractivity contribution in [2.45, 2.75) is 18.1 Å². The highest BCUT2D eigenvalue weighted by Crippen LogP contribution is 2.62. The number of hydrogen-bond acceptors (Lipinski definition) is 5. The Labute approximate surface area is 119 Å². The minimum absolute atomic E-state index is 0.0386. The molecule has 0 heterocycles. The quantitative estimate of drug-likeness (QED) is 0.809. The molecular weight excluding hydrogens is 278 g/mol. The Morgan fingerprint density at radius 2 is 1.95 bits per heavy atom. The average molecular weight is 297 g/mol. The van der Waals surface area contributed by atoms with Crippen LogP contribution >= 0.6 is 0 Å². The fraction of sp³-hybridized carbons (Fsp3) is 0.500. The van der Waals surface area contributed by atoms with E-state index in [4.69, 9.17) is 10.5 Å². The van der Waals surface area contributed by atoms with Gasteiger partial charge in [-0.2, -0.15) is 0 Å². The van der Waals surface area contributed by atoms with Crippen LogP contribution in [0.15, 0.2) is 30.3 Å². The van der Waals surface area contributed by atoms with Crippen molar-refractivity contribution in [3.05, 3.63) is 35.9 Å². The van der Waals surface area contributed by atoms with E-state index in [1.165, 1.54) is 0 Å². The molecule has 3 unspecified atom stereocenters. The molecule has 2 rings (SSSR count). The molecule has 1 aromatic carbocycles. The fourth-order valence-electron chi connectivity index (χ4n) is 3.00. The van der Waals surface area contributed by atoms with E-state index in [1.54, 1.807) is 6.92 Å². The third-order valence-corrected chi connectivity index (χ3v) is 5.48. The van der Waals surface area contributed by atoms with Crippen molar-refractivity contribution in [2.24, 2.45) is 11.1 Å². The molecule has 0 spiro atoms. The highest BCUT2D eigenvalue weighted by Gasteiger charge is 2.74. The number of carbonyl (C=O) groups is 1. The summed E-state index contributed by atoms with van der Waals surface area (Å²) in [7, 11) is -3.39. The van der Waals surface area contributed by atoms with Gasteiger partial charge in [0.05, 0.1) is 11.9 Å². The van der Waals surface area contributed by atoms with E-state index >= 15 is 0 Å². The summed E-state index contributed by atoms with van der Waals surface area (Å²) < 4.78 is 29.0. The van der Waals surface area contributed by atoms with Gasteiger partial charge < -0.3 is 10.5 Å². The molecule has 1 saturated carbocycles. The van der Waals surface area contributed by atoms with Crippen molar-refractivity contribution >= 4 is 15.8 Å². The zero-order chi connectivity index (χ0) is 15.0. The highest BCUT2D eigenvalue weighted by atomic mass is 32.2. The smallest absolute Gasteiger partial charge is 0.315 e. The maximum Gasteiger partial charge on any atom is 0.315 e. The summed E-state index contributed by atoms with van der Waals surface area (Å²) in [5.74, 6) is -0.950. The lowest BCUT2D eigenvalue weighted by atomic mass is 9.99. The van der Waals surface area contributed by atoms with Gasteiger partial charge in [-0.25, -0.2) is 8.42 Å². The van der Waals surface area contributed by atoms with Gasteiger partial charge in [0, 0.05) is 18.7 Å². The SMILES string of the molecule is CCOC(=O)C1(CN)C(c2ccccc2)C1S(C)(=O)=O. The van der Waals surface area contributed by atoms with Crippen LogP contribution < -0.4 is 5.73 Å². The molecule has 0 bridgehead atoms. The predicted octanol–water partition coefficient (Wildman–Crippen LogP) is 0.705. The van der Waals surface area contributed by atoms with Gasteiger partial charge in [0.1, 0.15) is 5.41 Å². The van der Waals surface area contributed by atoms with Gasteiger partial charge in [-0.3, -0.25) is 4.79 Å². The van der Waals surface area contributed by atoms with E-state index in [1.807, 2.05) is 30.3 Å². The van der Waals surface area contributed by atoms with Crippen LogP contribution in [0.2, 0.25) is 0 Å². The minimum atomic E-state index is -3.39. The predicted molar refractivity (Wildman–Crippen MR) is 75.9 cm³/mol. The molecule has 20 heavy (non-hydrogen) atoms. The standard InChI is InChI=1S/C14H19NO4S/c1-3-19-13(16)14(9-15)11(12(14)20(2,17)18)10-7-5-4-6-8-10/h4-8,11-12H,3,9,15H2,1-2H3. The first-order chi connectivity index (χ1) is 9.39. The van der Waals surface area contributed by atoms with Gasteiger partial charge in [0.25, 0.3) is 0 Å². The number of ether oxygens (including phenoxy) is 1. The molecule has 2 N–H and O–H groups in total. The second-order valence-corrected chi connectivity index (χ2v) is 7.27. The van der Waals surface area contributed by atoms with Gasteiger partial charge in [-0.15, -0.1) is 0 Å². The molecular formula is C14H19NO4S. The van der Waals surface area contributed by atoms with Gasteiger partial charge >= 0.3 is 5.97 Å². The summed E-state index contributed by atoms with van der Waals surface area (Å²) in [4.78, 5) is 12.2. The van der Waals surface area contributed by atoms with Gasteiger partial charge in [0.15, 0.2) is 9.84 Å². The van der Waals surface area contributed by atoms with Gasteiger partial charge in [-0.05, 0) is 12.5 Å². The highest BCUT2D eigenvalue weighted by molar-refractivity contribution is 7.91. The summed E-state index contributed by atoms with van der Waals surface area (Å²) in [6.07, 6.45) is 1.14. The number of sulfone groups is 1. The van der Waals surface area contributed by atoms with Crippen LogP contribution in [0.3, 0.4) is 0 Å². The summed E-state index contributed by atoms with van der Waals surface area (Å²) in [5, 5.41) is -0.804. The van der Waals surface area contributed by atoms with Gasteiger partial charge in [-0.1, -0.05) is 30.3 Å². The molecule has 6 heteroatoms. The molecule has 5 nitrogen and oxygen atoms in total.